The highest BCUT2D eigenvalue weighted by atomic mass is 15.2. The number of nitrogens with one attached hydrogen (secondary N) is 1. The Balaban J connectivity index is 2.11. The first-order valence-electron chi connectivity index (χ1n) is 7.04. The van der Waals surface area contributed by atoms with E-state index in [1.165, 1.54) is 24.1 Å². The maximum atomic E-state index is 3.62. The zero-order valence-corrected chi connectivity index (χ0v) is 12.2. The number of hydrogen-bond acceptors (Lipinski definition) is 2. The summed E-state index contributed by atoms with van der Waals surface area (Å²) in [5.41, 5.74) is 2.98. The molecule has 1 unspecified atom stereocenters. The van der Waals surface area contributed by atoms with Gasteiger partial charge < -0.3 is 5.32 Å². The van der Waals surface area contributed by atoms with Crippen LogP contribution < -0.4 is 5.32 Å². The van der Waals surface area contributed by atoms with Gasteiger partial charge in [0.15, 0.2) is 0 Å². The molecule has 1 aliphatic rings. The lowest BCUT2D eigenvalue weighted by Gasteiger charge is -2.34. The Morgan fingerprint density at radius 2 is 1.89 bits per heavy atom. The van der Waals surface area contributed by atoms with Gasteiger partial charge in [-0.3, -0.25) is 4.90 Å². The Labute approximate surface area is 111 Å². The summed E-state index contributed by atoms with van der Waals surface area (Å²) in [6.07, 6.45) is 1.24. The summed E-state index contributed by atoms with van der Waals surface area (Å²) >= 11 is 0. The lowest BCUT2D eigenvalue weighted by Crippen LogP contribution is -2.46. The Kier molecular flexibility index (Phi) is 4.08. The number of benzene rings is 1. The van der Waals surface area contributed by atoms with Crippen LogP contribution in [0.5, 0.6) is 0 Å². The molecular formula is C16H26N2. The molecule has 1 N–H and O–H groups in total. The smallest absolute Gasteiger partial charge is 0.0320 e. The number of aryl methyl sites for hydroxylation is 1. The van der Waals surface area contributed by atoms with Gasteiger partial charge in [-0.05, 0) is 46.2 Å². The fourth-order valence-electron chi connectivity index (χ4n) is 2.74. The van der Waals surface area contributed by atoms with E-state index in [0.717, 1.165) is 13.1 Å². The van der Waals surface area contributed by atoms with Gasteiger partial charge in [-0.2, -0.15) is 0 Å². The van der Waals surface area contributed by atoms with E-state index in [9.17, 15) is 0 Å². The van der Waals surface area contributed by atoms with Gasteiger partial charge in [-0.25, -0.2) is 0 Å². The van der Waals surface area contributed by atoms with Crippen molar-refractivity contribution in [2.75, 3.05) is 19.6 Å². The largest absolute Gasteiger partial charge is 0.310 e. The molecule has 0 bridgehead atoms. The third-order valence-corrected chi connectivity index (χ3v) is 3.93. The van der Waals surface area contributed by atoms with E-state index in [4.69, 9.17) is 0 Å². The summed E-state index contributed by atoms with van der Waals surface area (Å²) in [4.78, 5) is 2.60. The van der Waals surface area contributed by atoms with E-state index in [2.05, 4.69) is 62.2 Å². The molecule has 0 radical (unpaired) electrons. The summed E-state index contributed by atoms with van der Waals surface area (Å²) in [6, 6.07) is 9.47. The van der Waals surface area contributed by atoms with Crippen LogP contribution in [0.15, 0.2) is 24.3 Å². The molecule has 1 aromatic carbocycles. The van der Waals surface area contributed by atoms with Crippen LogP contribution in [0.25, 0.3) is 0 Å². The van der Waals surface area contributed by atoms with E-state index in [1.54, 1.807) is 0 Å². The monoisotopic (exact) mass is 246 g/mol. The predicted molar refractivity (Wildman–Crippen MR) is 77.9 cm³/mol. The van der Waals surface area contributed by atoms with Crippen LogP contribution in [0, 0.1) is 6.92 Å². The third-order valence-electron chi connectivity index (χ3n) is 3.93. The summed E-state index contributed by atoms with van der Waals surface area (Å²) < 4.78 is 0. The normalized spacial score (nSPS) is 22.4. The molecule has 1 saturated heterocycles. The van der Waals surface area contributed by atoms with Crippen LogP contribution in [0.2, 0.25) is 0 Å². The molecule has 1 aromatic rings. The van der Waals surface area contributed by atoms with E-state index < -0.39 is 0 Å². The van der Waals surface area contributed by atoms with Gasteiger partial charge in [0.2, 0.25) is 0 Å². The van der Waals surface area contributed by atoms with Crippen molar-refractivity contribution in [3.8, 4) is 0 Å². The first-order chi connectivity index (χ1) is 8.48. The van der Waals surface area contributed by atoms with Crippen LogP contribution in [-0.2, 0) is 0 Å². The van der Waals surface area contributed by atoms with Crippen molar-refractivity contribution in [3.05, 3.63) is 35.4 Å². The number of hydrogen-bond donors (Lipinski definition) is 1. The maximum Gasteiger partial charge on any atom is 0.0320 e. The highest BCUT2D eigenvalue weighted by Gasteiger charge is 2.27. The van der Waals surface area contributed by atoms with E-state index in [-0.39, 0.29) is 5.54 Å². The minimum absolute atomic E-state index is 0.218. The lowest BCUT2D eigenvalue weighted by molar-refractivity contribution is 0.180. The summed E-state index contributed by atoms with van der Waals surface area (Å²) in [5.74, 6) is 0. The van der Waals surface area contributed by atoms with E-state index in [1.807, 2.05) is 0 Å². The molecule has 1 aliphatic heterocycles. The molecule has 1 heterocycles. The molecule has 18 heavy (non-hydrogen) atoms. The summed E-state index contributed by atoms with van der Waals surface area (Å²) in [7, 11) is 0. The van der Waals surface area contributed by atoms with Crippen LogP contribution in [0.1, 0.15) is 44.4 Å². The topological polar surface area (TPSA) is 15.3 Å². The first kappa shape index (κ1) is 13.6. The van der Waals surface area contributed by atoms with Crippen molar-refractivity contribution in [2.45, 2.75) is 45.7 Å². The fraction of sp³-hybridized carbons (Fsp3) is 0.625. The molecule has 0 amide bonds. The van der Waals surface area contributed by atoms with Gasteiger partial charge in [-0.1, -0.05) is 29.8 Å². The van der Waals surface area contributed by atoms with Crippen molar-refractivity contribution in [2.24, 2.45) is 0 Å². The minimum Gasteiger partial charge on any atom is -0.310 e. The van der Waals surface area contributed by atoms with Gasteiger partial charge in [0.25, 0.3) is 0 Å². The van der Waals surface area contributed by atoms with Crippen LogP contribution in [-0.4, -0.2) is 30.1 Å². The van der Waals surface area contributed by atoms with Crippen LogP contribution >= 0.6 is 0 Å². The molecule has 0 saturated carbocycles. The Morgan fingerprint density at radius 3 is 2.56 bits per heavy atom. The highest BCUT2D eigenvalue weighted by Crippen LogP contribution is 2.24. The van der Waals surface area contributed by atoms with Crippen molar-refractivity contribution < 1.29 is 0 Å². The second-order valence-electron chi connectivity index (χ2n) is 6.22. The standard InChI is InChI=1S/C16H26N2/c1-13-6-8-15(9-7-13)14(2)18-11-5-10-17-16(3,4)12-18/h6-9,14,17H,5,10-12H2,1-4H3. The Morgan fingerprint density at radius 1 is 1.22 bits per heavy atom. The second kappa shape index (κ2) is 5.41. The lowest BCUT2D eigenvalue weighted by atomic mass is 10.0. The van der Waals surface area contributed by atoms with Gasteiger partial charge in [0.05, 0.1) is 0 Å². The van der Waals surface area contributed by atoms with E-state index >= 15 is 0 Å². The highest BCUT2D eigenvalue weighted by molar-refractivity contribution is 5.23. The molecule has 2 rings (SSSR count). The van der Waals surface area contributed by atoms with Crippen LogP contribution in [0.3, 0.4) is 0 Å². The third kappa shape index (κ3) is 3.33. The quantitative estimate of drug-likeness (QED) is 0.862. The average molecular weight is 246 g/mol. The van der Waals surface area contributed by atoms with Gasteiger partial charge in [-0.15, -0.1) is 0 Å². The SMILES string of the molecule is Cc1ccc(C(C)N2CCCNC(C)(C)C2)cc1. The van der Waals surface area contributed by atoms with Gasteiger partial charge >= 0.3 is 0 Å². The molecule has 0 aromatic heterocycles. The zero-order valence-electron chi connectivity index (χ0n) is 12.2. The minimum atomic E-state index is 0.218. The number of nitrogens with zero attached hydrogens (tertiary/aromatic N) is 1. The Hall–Kier alpha value is -0.860. The molecule has 1 atom stereocenters. The van der Waals surface area contributed by atoms with Crippen molar-refractivity contribution in [1.82, 2.24) is 10.2 Å². The molecule has 2 heteroatoms. The molecule has 1 fully saturated rings. The van der Waals surface area contributed by atoms with E-state index in [0.29, 0.717) is 6.04 Å². The maximum absolute atomic E-state index is 3.62. The first-order valence-corrected chi connectivity index (χ1v) is 7.04. The summed E-state index contributed by atoms with van der Waals surface area (Å²) in [5, 5.41) is 3.62. The summed E-state index contributed by atoms with van der Waals surface area (Å²) in [6.45, 7) is 12.5. The van der Waals surface area contributed by atoms with Gasteiger partial charge in [0, 0.05) is 24.7 Å². The zero-order chi connectivity index (χ0) is 13.2. The van der Waals surface area contributed by atoms with Crippen molar-refractivity contribution in [1.29, 1.82) is 0 Å². The molecule has 2 nitrogen and oxygen atoms in total. The predicted octanol–water partition coefficient (Wildman–Crippen LogP) is 3.13. The van der Waals surface area contributed by atoms with Crippen molar-refractivity contribution in [3.63, 3.8) is 0 Å². The van der Waals surface area contributed by atoms with Crippen LogP contribution in [0.4, 0.5) is 0 Å². The molecule has 0 spiro atoms. The fourth-order valence-corrected chi connectivity index (χ4v) is 2.74. The molecule has 0 aliphatic carbocycles. The average Bonchev–Trinajstić information content (AvgIpc) is 2.50. The van der Waals surface area contributed by atoms with Crippen molar-refractivity contribution >= 4 is 0 Å². The Bertz CT molecular complexity index is 381. The molecule has 100 valence electrons. The molecular weight excluding hydrogens is 220 g/mol. The second-order valence-corrected chi connectivity index (χ2v) is 6.22. The number of rotatable bonds is 2. The van der Waals surface area contributed by atoms with Gasteiger partial charge in [0.1, 0.15) is 0 Å².